The molecule has 2 aliphatic rings. The summed E-state index contributed by atoms with van der Waals surface area (Å²) in [6, 6.07) is 0. The van der Waals surface area contributed by atoms with Gasteiger partial charge in [-0.15, -0.1) is 0 Å². The van der Waals surface area contributed by atoms with E-state index < -0.39 is 0 Å². The quantitative estimate of drug-likeness (QED) is 0.559. The van der Waals surface area contributed by atoms with Gasteiger partial charge < -0.3 is 0 Å². The second kappa shape index (κ2) is 11.1. The van der Waals surface area contributed by atoms with Gasteiger partial charge in [-0.3, -0.25) is 0 Å². The summed E-state index contributed by atoms with van der Waals surface area (Å²) in [5.41, 5.74) is 0. The molecule has 0 nitrogen and oxygen atoms in total. The summed E-state index contributed by atoms with van der Waals surface area (Å²) < 4.78 is 0. The maximum atomic E-state index is 2.27. The average Bonchev–Trinajstić information content (AvgIpc) is 2.58. The first-order valence-corrected chi connectivity index (χ1v) is 4.97. The molecule has 0 aromatic rings. The predicted octanol–water partition coefficient (Wildman–Crippen LogP) is 3.69. The molecule has 0 amide bonds. The number of allylic oxidation sites excluding steroid dienone is 4. The second-order valence-electron chi connectivity index (χ2n) is 3.06. The van der Waals surface area contributed by atoms with Crippen molar-refractivity contribution < 1.29 is 16.8 Å². The van der Waals surface area contributed by atoms with Crippen molar-refractivity contribution in [2.75, 3.05) is 0 Å². The molecule has 0 spiro atoms. The normalized spacial score (nSPS) is 20.0. The summed E-state index contributed by atoms with van der Waals surface area (Å²) in [6.07, 6.45) is 24.0. The first-order chi connectivity index (χ1) is 6.50. The molecule has 2 aliphatic carbocycles. The molecule has 0 N–H and O–H groups in total. The molecule has 6 radical (unpaired) electrons. The predicted molar refractivity (Wildman–Crippen MR) is 58.2 cm³/mol. The molecule has 0 aliphatic heterocycles. The molecule has 0 aromatic heterocycles. The Bertz CT molecular complexity index is 121. The van der Waals surface area contributed by atoms with Crippen LogP contribution >= 0.6 is 0 Å². The van der Waals surface area contributed by atoms with Crippen molar-refractivity contribution in [3.63, 3.8) is 0 Å². The third-order valence-corrected chi connectivity index (χ3v) is 1.89. The fourth-order valence-corrected chi connectivity index (χ4v) is 1.18. The van der Waals surface area contributed by atoms with Crippen LogP contribution in [0.5, 0.6) is 0 Å². The SMILES string of the molecule is C1=CCCC=CCC1.[CH]1[CH][CH][CH][CH]1.[Co]. The largest absolute Gasteiger partial charge is 0.0882 e. The summed E-state index contributed by atoms with van der Waals surface area (Å²) >= 11 is 0. The number of hydrogen-bond donors (Lipinski definition) is 0. The molecule has 0 atom stereocenters. The molecular formula is C13H17Co. The summed E-state index contributed by atoms with van der Waals surface area (Å²) in [4.78, 5) is 0. The Morgan fingerprint density at radius 2 is 0.643 bits per heavy atom. The van der Waals surface area contributed by atoms with Gasteiger partial charge in [0.15, 0.2) is 0 Å². The maximum absolute atomic E-state index is 2.27. The average molecular weight is 232 g/mol. The molecule has 1 saturated carbocycles. The summed E-state index contributed by atoms with van der Waals surface area (Å²) in [6.45, 7) is 0. The Labute approximate surface area is 99.1 Å². The minimum absolute atomic E-state index is 0. The molecule has 2 rings (SSSR count). The van der Waals surface area contributed by atoms with Crippen LogP contribution < -0.4 is 0 Å². The van der Waals surface area contributed by atoms with Crippen molar-refractivity contribution in [3.8, 4) is 0 Å². The third kappa shape index (κ3) is 8.58. The van der Waals surface area contributed by atoms with E-state index in [1.54, 1.807) is 0 Å². The first kappa shape index (κ1) is 14.0. The Hall–Kier alpha value is -0.0135. The van der Waals surface area contributed by atoms with Gasteiger partial charge in [-0.1, -0.05) is 24.3 Å². The monoisotopic (exact) mass is 232 g/mol. The molecule has 78 valence electrons. The van der Waals surface area contributed by atoms with Crippen molar-refractivity contribution in [1.82, 2.24) is 0 Å². The zero-order valence-electron chi connectivity index (χ0n) is 8.36. The maximum Gasteiger partial charge on any atom is 0 e. The summed E-state index contributed by atoms with van der Waals surface area (Å²) in [5, 5.41) is 0. The molecular weight excluding hydrogens is 215 g/mol. The van der Waals surface area contributed by atoms with E-state index >= 15 is 0 Å². The molecule has 1 heteroatoms. The van der Waals surface area contributed by atoms with E-state index in [1.165, 1.54) is 25.7 Å². The Morgan fingerprint density at radius 1 is 0.429 bits per heavy atom. The van der Waals surface area contributed by atoms with Crippen molar-refractivity contribution in [3.05, 3.63) is 56.4 Å². The van der Waals surface area contributed by atoms with Gasteiger partial charge in [0.2, 0.25) is 0 Å². The van der Waals surface area contributed by atoms with Crippen LogP contribution in [0.15, 0.2) is 24.3 Å². The fourth-order valence-electron chi connectivity index (χ4n) is 1.18. The molecule has 0 heterocycles. The summed E-state index contributed by atoms with van der Waals surface area (Å²) in [5.74, 6) is 0. The zero-order chi connectivity index (χ0) is 9.19. The van der Waals surface area contributed by atoms with Crippen molar-refractivity contribution >= 4 is 0 Å². The topological polar surface area (TPSA) is 0 Å². The van der Waals surface area contributed by atoms with Crippen molar-refractivity contribution in [1.29, 1.82) is 0 Å². The Morgan fingerprint density at radius 3 is 0.857 bits per heavy atom. The van der Waals surface area contributed by atoms with E-state index in [0.29, 0.717) is 0 Å². The van der Waals surface area contributed by atoms with E-state index in [2.05, 4.69) is 24.3 Å². The Kier molecular flexibility index (Phi) is 11.1. The Balaban J connectivity index is 0.000000246. The van der Waals surface area contributed by atoms with Crippen LogP contribution in [0.1, 0.15) is 25.7 Å². The van der Waals surface area contributed by atoms with Gasteiger partial charge in [-0.05, 0) is 57.8 Å². The standard InChI is InChI=1S/C8H12.C5H5.Co/c1-2-4-6-8-7-5-3-1;1-2-4-5-3-1;/h1-2,7-8H,3-6H2;1-5H;. The molecule has 1 fully saturated rings. The van der Waals surface area contributed by atoms with Crippen molar-refractivity contribution in [2.24, 2.45) is 0 Å². The molecule has 0 aromatic carbocycles. The smallest absolute Gasteiger partial charge is 0 e. The molecule has 0 bridgehead atoms. The van der Waals surface area contributed by atoms with Crippen LogP contribution in [0, 0.1) is 32.1 Å². The van der Waals surface area contributed by atoms with Gasteiger partial charge in [0.1, 0.15) is 0 Å². The van der Waals surface area contributed by atoms with Crippen LogP contribution in [0.2, 0.25) is 0 Å². The molecule has 0 saturated heterocycles. The van der Waals surface area contributed by atoms with Crippen LogP contribution in [-0.4, -0.2) is 0 Å². The van der Waals surface area contributed by atoms with Gasteiger partial charge in [0, 0.05) is 16.8 Å². The van der Waals surface area contributed by atoms with Gasteiger partial charge in [0.25, 0.3) is 0 Å². The minimum atomic E-state index is 0. The van der Waals surface area contributed by atoms with Gasteiger partial charge in [-0.25, -0.2) is 0 Å². The number of hydrogen-bond acceptors (Lipinski definition) is 0. The van der Waals surface area contributed by atoms with E-state index in [1.807, 2.05) is 32.1 Å². The van der Waals surface area contributed by atoms with E-state index in [-0.39, 0.29) is 16.8 Å². The summed E-state index contributed by atoms with van der Waals surface area (Å²) in [7, 11) is 0. The third-order valence-electron chi connectivity index (χ3n) is 1.89. The first-order valence-electron chi connectivity index (χ1n) is 4.97. The number of rotatable bonds is 0. The van der Waals surface area contributed by atoms with Gasteiger partial charge in [0.05, 0.1) is 0 Å². The van der Waals surface area contributed by atoms with Crippen LogP contribution in [-0.2, 0) is 16.8 Å². The van der Waals surface area contributed by atoms with Crippen LogP contribution in [0.3, 0.4) is 0 Å². The van der Waals surface area contributed by atoms with E-state index in [9.17, 15) is 0 Å². The van der Waals surface area contributed by atoms with Crippen LogP contribution in [0.4, 0.5) is 0 Å². The molecule has 0 unspecified atom stereocenters. The van der Waals surface area contributed by atoms with Gasteiger partial charge >= 0.3 is 0 Å². The van der Waals surface area contributed by atoms with E-state index in [4.69, 9.17) is 0 Å². The van der Waals surface area contributed by atoms with E-state index in [0.717, 1.165) is 0 Å². The fraction of sp³-hybridized carbons (Fsp3) is 0.308. The molecule has 14 heavy (non-hydrogen) atoms. The zero-order valence-corrected chi connectivity index (χ0v) is 9.40. The van der Waals surface area contributed by atoms with Crippen LogP contribution in [0.25, 0.3) is 0 Å². The minimum Gasteiger partial charge on any atom is -0.0882 e. The van der Waals surface area contributed by atoms with Crippen molar-refractivity contribution in [2.45, 2.75) is 25.7 Å². The van der Waals surface area contributed by atoms with Gasteiger partial charge in [-0.2, -0.15) is 0 Å². The second-order valence-corrected chi connectivity index (χ2v) is 3.06.